The zero-order valence-electron chi connectivity index (χ0n) is 21.0. The SMILES string of the molecule is Cc1ccc(NC(=O)Nc2cc(C3CC3C(=O)O)ccc2N(CC(C)C)C2CC3CCC2C3)cc1. The summed E-state index contributed by atoms with van der Waals surface area (Å²) in [5.74, 6) is 0.975. The molecule has 5 atom stereocenters. The first-order chi connectivity index (χ1) is 16.8. The largest absolute Gasteiger partial charge is 0.481 e. The molecule has 5 unspecified atom stereocenters. The summed E-state index contributed by atoms with van der Waals surface area (Å²) < 4.78 is 0. The molecule has 6 nitrogen and oxygen atoms in total. The third-order valence-corrected chi connectivity index (χ3v) is 8.09. The number of hydrogen-bond acceptors (Lipinski definition) is 3. The van der Waals surface area contributed by atoms with Crippen LogP contribution in [-0.4, -0.2) is 29.7 Å². The minimum atomic E-state index is -0.742. The van der Waals surface area contributed by atoms with E-state index in [0.29, 0.717) is 24.3 Å². The van der Waals surface area contributed by atoms with Crippen LogP contribution in [0.4, 0.5) is 21.9 Å². The highest BCUT2D eigenvalue weighted by molar-refractivity contribution is 6.02. The molecule has 35 heavy (non-hydrogen) atoms. The van der Waals surface area contributed by atoms with Crippen LogP contribution in [0, 0.1) is 30.6 Å². The first-order valence-electron chi connectivity index (χ1n) is 13.1. The summed E-state index contributed by atoms with van der Waals surface area (Å²) in [6.45, 7) is 7.44. The molecule has 6 heteroatoms. The predicted molar refractivity (Wildman–Crippen MR) is 140 cm³/mol. The Labute approximate surface area is 208 Å². The maximum Gasteiger partial charge on any atom is 0.323 e. The van der Waals surface area contributed by atoms with E-state index in [1.54, 1.807) is 0 Å². The number of rotatable bonds is 8. The van der Waals surface area contributed by atoms with Crippen molar-refractivity contribution in [3.05, 3.63) is 53.6 Å². The second kappa shape index (κ2) is 9.56. The summed E-state index contributed by atoms with van der Waals surface area (Å²) in [6, 6.07) is 14.2. The number of nitrogens with zero attached hydrogens (tertiary/aromatic N) is 1. The molecule has 186 valence electrons. The molecular weight excluding hydrogens is 438 g/mol. The van der Waals surface area contributed by atoms with Gasteiger partial charge in [0.05, 0.1) is 17.3 Å². The van der Waals surface area contributed by atoms with Crippen LogP contribution in [0.25, 0.3) is 0 Å². The van der Waals surface area contributed by atoms with Gasteiger partial charge in [-0.05, 0) is 86.1 Å². The fourth-order valence-corrected chi connectivity index (χ4v) is 6.29. The van der Waals surface area contributed by atoms with Crippen LogP contribution in [0.3, 0.4) is 0 Å². The highest BCUT2D eigenvalue weighted by Gasteiger charge is 2.45. The zero-order valence-corrected chi connectivity index (χ0v) is 21.0. The number of benzene rings is 2. The van der Waals surface area contributed by atoms with E-state index >= 15 is 0 Å². The Hall–Kier alpha value is -3.02. The number of aliphatic carboxylic acids is 1. The van der Waals surface area contributed by atoms with Gasteiger partial charge < -0.3 is 20.6 Å². The number of carbonyl (C=O) groups is 2. The maximum absolute atomic E-state index is 13.0. The van der Waals surface area contributed by atoms with E-state index in [-0.39, 0.29) is 17.9 Å². The quantitative estimate of drug-likeness (QED) is 0.408. The number of aryl methyl sites for hydroxylation is 1. The monoisotopic (exact) mass is 475 g/mol. The average Bonchev–Trinajstić information content (AvgIpc) is 3.35. The smallest absolute Gasteiger partial charge is 0.323 e. The Morgan fingerprint density at radius 1 is 1.03 bits per heavy atom. The number of carboxylic acid groups (broad SMARTS) is 1. The lowest BCUT2D eigenvalue weighted by Crippen LogP contribution is -2.42. The number of urea groups is 1. The van der Waals surface area contributed by atoms with Crippen LogP contribution < -0.4 is 15.5 Å². The molecule has 2 aromatic rings. The van der Waals surface area contributed by atoms with Gasteiger partial charge in [0.25, 0.3) is 0 Å². The van der Waals surface area contributed by atoms with E-state index in [1.165, 1.54) is 25.7 Å². The Balaban J connectivity index is 1.44. The van der Waals surface area contributed by atoms with Crippen molar-refractivity contribution in [2.24, 2.45) is 23.7 Å². The van der Waals surface area contributed by atoms with E-state index < -0.39 is 5.97 Å². The van der Waals surface area contributed by atoms with Crippen LogP contribution in [0.2, 0.25) is 0 Å². The number of hydrogen-bond donors (Lipinski definition) is 3. The van der Waals surface area contributed by atoms with Crippen molar-refractivity contribution in [3.63, 3.8) is 0 Å². The van der Waals surface area contributed by atoms with Gasteiger partial charge in [0.15, 0.2) is 0 Å². The van der Waals surface area contributed by atoms with Gasteiger partial charge in [-0.3, -0.25) is 4.79 Å². The van der Waals surface area contributed by atoms with E-state index in [4.69, 9.17) is 0 Å². The summed E-state index contributed by atoms with van der Waals surface area (Å²) in [5.41, 5.74) is 4.69. The van der Waals surface area contributed by atoms with E-state index in [9.17, 15) is 14.7 Å². The molecule has 3 N–H and O–H groups in total. The lowest BCUT2D eigenvalue weighted by atomic mass is 9.92. The second-order valence-corrected chi connectivity index (χ2v) is 11.3. The molecule has 2 amide bonds. The molecule has 5 rings (SSSR count). The third-order valence-electron chi connectivity index (χ3n) is 8.09. The molecule has 2 aromatic carbocycles. The second-order valence-electron chi connectivity index (χ2n) is 11.3. The van der Waals surface area contributed by atoms with Gasteiger partial charge in [0.1, 0.15) is 0 Å². The van der Waals surface area contributed by atoms with Gasteiger partial charge in [-0.25, -0.2) is 4.79 Å². The molecule has 3 aliphatic rings. The summed E-state index contributed by atoms with van der Waals surface area (Å²) >= 11 is 0. The molecule has 0 aromatic heterocycles. The van der Waals surface area contributed by atoms with Gasteiger partial charge in [-0.15, -0.1) is 0 Å². The normalized spacial score (nSPS) is 26.6. The van der Waals surface area contributed by atoms with Crippen LogP contribution in [0.1, 0.15) is 63.0 Å². The first-order valence-corrected chi connectivity index (χ1v) is 13.1. The molecular formula is C29H37N3O3. The van der Waals surface area contributed by atoms with Gasteiger partial charge in [-0.1, -0.05) is 44.0 Å². The van der Waals surface area contributed by atoms with Crippen molar-refractivity contribution in [2.75, 3.05) is 22.1 Å². The van der Waals surface area contributed by atoms with Crippen molar-refractivity contribution in [2.45, 2.75) is 64.8 Å². The van der Waals surface area contributed by atoms with Crippen LogP contribution in [0.5, 0.6) is 0 Å². The van der Waals surface area contributed by atoms with Crippen molar-refractivity contribution in [3.8, 4) is 0 Å². The molecule has 0 radical (unpaired) electrons. The van der Waals surface area contributed by atoms with Crippen LogP contribution >= 0.6 is 0 Å². The highest BCUT2D eigenvalue weighted by Crippen LogP contribution is 2.51. The average molecular weight is 476 g/mol. The van der Waals surface area contributed by atoms with Gasteiger partial charge in [0.2, 0.25) is 0 Å². The summed E-state index contributed by atoms with van der Waals surface area (Å²) in [7, 11) is 0. The Bertz CT molecular complexity index is 1100. The molecule has 3 saturated carbocycles. The Kier molecular flexibility index (Phi) is 6.47. The molecule has 0 heterocycles. The van der Waals surface area contributed by atoms with Crippen molar-refractivity contribution in [1.82, 2.24) is 0 Å². The minimum absolute atomic E-state index is 0.0169. The van der Waals surface area contributed by atoms with Crippen molar-refractivity contribution < 1.29 is 14.7 Å². The molecule has 0 aliphatic heterocycles. The van der Waals surface area contributed by atoms with Crippen molar-refractivity contribution in [1.29, 1.82) is 0 Å². The highest BCUT2D eigenvalue weighted by atomic mass is 16.4. The maximum atomic E-state index is 13.0. The summed E-state index contributed by atoms with van der Waals surface area (Å²) in [4.78, 5) is 27.1. The van der Waals surface area contributed by atoms with E-state index in [0.717, 1.165) is 40.7 Å². The lowest BCUT2D eigenvalue weighted by molar-refractivity contribution is -0.138. The summed E-state index contributed by atoms with van der Waals surface area (Å²) in [6.07, 6.45) is 5.83. The topological polar surface area (TPSA) is 81.7 Å². The van der Waals surface area contributed by atoms with Gasteiger partial charge in [-0.2, -0.15) is 0 Å². The van der Waals surface area contributed by atoms with E-state index in [1.807, 2.05) is 37.3 Å². The standard InChI is InChI=1S/C29H37N3O3/c1-17(2)16-32(27-13-19-6-7-21(27)12-19)26-11-8-20(23-15-24(23)28(33)34)14-25(26)31-29(35)30-22-9-4-18(3)5-10-22/h4-5,8-11,14,17,19,21,23-24,27H,6-7,12-13,15-16H2,1-3H3,(H,33,34)(H2,30,31,35). The predicted octanol–water partition coefficient (Wildman–Crippen LogP) is 6.48. The Morgan fingerprint density at radius 3 is 2.40 bits per heavy atom. The molecule has 2 bridgehead atoms. The third kappa shape index (κ3) is 5.16. The summed E-state index contributed by atoms with van der Waals surface area (Å²) in [5, 5.41) is 15.5. The molecule has 3 aliphatic carbocycles. The zero-order chi connectivity index (χ0) is 24.7. The number of amides is 2. The number of carbonyl (C=O) groups excluding carboxylic acids is 1. The number of nitrogens with one attached hydrogen (secondary N) is 2. The Morgan fingerprint density at radius 2 is 1.80 bits per heavy atom. The molecule has 0 spiro atoms. The molecule has 3 fully saturated rings. The van der Waals surface area contributed by atoms with Crippen LogP contribution in [0.15, 0.2) is 42.5 Å². The number of carboxylic acids is 1. The first kappa shape index (κ1) is 23.7. The minimum Gasteiger partial charge on any atom is -0.481 e. The van der Waals surface area contributed by atoms with Crippen molar-refractivity contribution >= 4 is 29.1 Å². The van der Waals surface area contributed by atoms with E-state index in [2.05, 4.69) is 41.5 Å². The van der Waals surface area contributed by atoms with Gasteiger partial charge in [0, 0.05) is 18.3 Å². The fraction of sp³-hybridized carbons (Fsp3) is 0.517. The number of anilines is 3. The number of fused-ring (bicyclic) bond motifs is 2. The molecule has 0 saturated heterocycles. The fourth-order valence-electron chi connectivity index (χ4n) is 6.29. The lowest BCUT2D eigenvalue weighted by Gasteiger charge is -2.39. The van der Waals surface area contributed by atoms with Crippen LogP contribution in [-0.2, 0) is 4.79 Å². The van der Waals surface area contributed by atoms with Gasteiger partial charge >= 0.3 is 12.0 Å².